The zero-order valence-electron chi connectivity index (χ0n) is 12.3. The predicted octanol–water partition coefficient (Wildman–Crippen LogP) is 4.26. The highest BCUT2D eigenvalue weighted by molar-refractivity contribution is 7.07. The number of aryl methyl sites for hydroxylation is 2. The van der Waals surface area contributed by atoms with Crippen molar-refractivity contribution >= 4 is 17.2 Å². The summed E-state index contributed by atoms with van der Waals surface area (Å²) in [6, 6.07) is 10.8. The third-order valence-electron chi connectivity index (χ3n) is 4.07. The molecule has 1 aliphatic carbocycles. The van der Waals surface area contributed by atoms with Gasteiger partial charge in [0.05, 0.1) is 6.04 Å². The maximum Gasteiger partial charge on any atom is 0.220 e. The number of nitrogens with one attached hydrogen (secondary N) is 1. The van der Waals surface area contributed by atoms with Crippen molar-refractivity contribution in [2.75, 3.05) is 0 Å². The Balaban J connectivity index is 1.59. The molecular weight excluding hydrogens is 278 g/mol. The summed E-state index contributed by atoms with van der Waals surface area (Å²) in [6.07, 6.45) is 3.86. The van der Waals surface area contributed by atoms with Crippen molar-refractivity contribution in [2.24, 2.45) is 5.92 Å². The molecule has 0 aliphatic heterocycles. The van der Waals surface area contributed by atoms with Crippen LogP contribution in [0.4, 0.5) is 0 Å². The fourth-order valence-corrected chi connectivity index (χ4v) is 3.32. The van der Waals surface area contributed by atoms with Crippen LogP contribution in [0.5, 0.6) is 0 Å². The second-order valence-electron chi connectivity index (χ2n) is 5.92. The van der Waals surface area contributed by atoms with Crippen LogP contribution in [0.25, 0.3) is 0 Å². The fraction of sp³-hybridized carbons (Fsp3) is 0.389. The van der Waals surface area contributed by atoms with Gasteiger partial charge in [0.2, 0.25) is 5.91 Å². The zero-order valence-corrected chi connectivity index (χ0v) is 13.2. The molecule has 1 aliphatic rings. The summed E-state index contributed by atoms with van der Waals surface area (Å²) in [5, 5.41) is 7.42. The highest BCUT2D eigenvalue weighted by Crippen LogP contribution is 2.41. The molecule has 1 aromatic carbocycles. The molecule has 0 bridgehead atoms. The lowest BCUT2D eigenvalue weighted by atomic mass is 10.0. The van der Waals surface area contributed by atoms with Gasteiger partial charge in [-0.15, -0.1) is 0 Å². The summed E-state index contributed by atoms with van der Waals surface area (Å²) in [6.45, 7) is 2.09. The number of benzene rings is 1. The quantitative estimate of drug-likeness (QED) is 0.848. The summed E-state index contributed by atoms with van der Waals surface area (Å²) in [7, 11) is 0. The Kier molecular flexibility index (Phi) is 4.39. The first-order valence-corrected chi connectivity index (χ1v) is 8.53. The van der Waals surface area contributed by atoms with E-state index in [4.69, 9.17) is 0 Å². The number of amides is 1. The highest BCUT2D eigenvalue weighted by Gasteiger charge is 2.33. The molecular formula is C18H21NOS. The van der Waals surface area contributed by atoms with E-state index in [-0.39, 0.29) is 11.9 Å². The van der Waals surface area contributed by atoms with E-state index in [0.717, 1.165) is 6.42 Å². The van der Waals surface area contributed by atoms with Gasteiger partial charge in [-0.1, -0.05) is 29.8 Å². The number of rotatable bonds is 6. The van der Waals surface area contributed by atoms with Crippen LogP contribution in [0.15, 0.2) is 41.1 Å². The minimum atomic E-state index is 0.165. The molecule has 3 rings (SSSR count). The Bertz CT molecular complexity index is 584. The molecule has 1 aromatic heterocycles. The molecule has 1 atom stereocenters. The van der Waals surface area contributed by atoms with E-state index in [1.165, 1.54) is 29.5 Å². The minimum Gasteiger partial charge on any atom is -0.349 e. The fourth-order valence-electron chi connectivity index (χ4n) is 2.62. The van der Waals surface area contributed by atoms with E-state index in [1.807, 2.05) is 0 Å². The predicted molar refractivity (Wildman–Crippen MR) is 87.4 cm³/mol. The molecule has 1 amide bonds. The van der Waals surface area contributed by atoms with Gasteiger partial charge in [-0.2, -0.15) is 11.3 Å². The summed E-state index contributed by atoms with van der Waals surface area (Å²) in [5.74, 6) is 0.788. The van der Waals surface area contributed by atoms with E-state index < -0.39 is 0 Å². The number of carbonyl (C=O) groups excluding carboxylic acids is 1. The molecule has 0 saturated heterocycles. The molecule has 1 heterocycles. The molecule has 1 unspecified atom stereocenters. The molecule has 0 spiro atoms. The molecule has 21 heavy (non-hydrogen) atoms. The van der Waals surface area contributed by atoms with Crippen molar-refractivity contribution in [1.82, 2.24) is 5.32 Å². The van der Waals surface area contributed by atoms with Crippen molar-refractivity contribution < 1.29 is 4.79 Å². The monoisotopic (exact) mass is 299 g/mol. The van der Waals surface area contributed by atoms with Crippen LogP contribution in [0, 0.1) is 12.8 Å². The molecule has 2 aromatic rings. The van der Waals surface area contributed by atoms with Gasteiger partial charge in [-0.3, -0.25) is 4.79 Å². The highest BCUT2D eigenvalue weighted by atomic mass is 32.1. The Hall–Kier alpha value is -1.61. The van der Waals surface area contributed by atoms with Crippen molar-refractivity contribution in [3.63, 3.8) is 0 Å². The van der Waals surface area contributed by atoms with Crippen LogP contribution in [0.3, 0.4) is 0 Å². The van der Waals surface area contributed by atoms with E-state index in [2.05, 4.69) is 53.3 Å². The topological polar surface area (TPSA) is 29.1 Å². The van der Waals surface area contributed by atoms with Crippen molar-refractivity contribution in [1.29, 1.82) is 0 Å². The maximum atomic E-state index is 12.2. The lowest BCUT2D eigenvalue weighted by Gasteiger charge is -2.19. The van der Waals surface area contributed by atoms with Crippen LogP contribution in [-0.4, -0.2) is 5.91 Å². The zero-order chi connectivity index (χ0) is 14.7. The van der Waals surface area contributed by atoms with Gasteiger partial charge in [-0.05, 0) is 60.1 Å². The second-order valence-corrected chi connectivity index (χ2v) is 6.70. The Morgan fingerprint density at radius 1 is 1.29 bits per heavy atom. The van der Waals surface area contributed by atoms with Gasteiger partial charge in [0, 0.05) is 6.42 Å². The van der Waals surface area contributed by atoms with Gasteiger partial charge < -0.3 is 5.32 Å². The van der Waals surface area contributed by atoms with Gasteiger partial charge >= 0.3 is 0 Å². The average Bonchev–Trinajstić information content (AvgIpc) is 3.19. The Morgan fingerprint density at radius 2 is 2.05 bits per heavy atom. The number of hydrogen-bond donors (Lipinski definition) is 1. The SMILES string of the molecule is Cc1ccc(C(NC(=O)CCc2ccsc2)C2CC2)cc1. The number of carbonyl (C=O) groups is 1. The van der Waals surface area contributed by atoms with Gasteiger partial charge in [0.25, 0.3) is 0 Å². The summed E-state index contributed by atoms with van der Waals surface area (Å²) in [5.41, 5.74) is 3.76. The standard InChI is InChI=1S/C18H21NOS/c1-13-2-5-15(6-3-13)18(16-7-8-16)19-17(20)9-4-14-10-11-21-12-14/h2-3,5-6,10-12,16,18H,4,7-9H2,1H3,(H,19,20). The maximum absolute atomic E-state index is 12.2. The number of thiophene rings is 1. The van der Waals surface area contributed by atoms with Gasteiger partial charge in [0.15, 0.2) is 0 Å². The first-order chi connectivity index (χ1) is 10.2. The number of hydrogen-bond acceptors (Lipinski definition) is 2. The summed E-state index contributed by atoms with van der Waals surface area (Å²) in [4.78, 5) is 12.2. The molecule has 1 N–H and O–H groups in total. The van der Waals surface area contributed by atoms with E-state index in [1.54, 1.807) is 11.3 Å². The Labute approximate surface area is 130 Å². The largest absolute Gasteiger partial charge is 0.349 e. The minimum absolute atomic E-state index is 0.165. The first kappa shape index (κ1) is 14.3. The van der Waals surface area contributed by atoms with Crippen LogP contribution < -0.4 is 5.32 Å². The van der Waals surface area contributed by atoms with Crippen molar-refractivity contribution in [3.05, 3.63) is 57.8 Å². The third kappa shape index (κ3) is 3.94. The normalized spacial score (nSPS) is 15.7. The van der Waals surface area contributed by atoms with E-state index >= 15 is 0 Å². The molecule has 110 valence electrons. The molecule has 2 nitrogen and oxygen atoms in total. The van der Waals surface area contributed by atoms with Gasteiger partial charge in [-0.25, -0.2) is 0 Å². The van der Waals surface area contributed by atoms with Gasteiger partial charge in [0.1, 0.15) is 0 Å². The summed E-state index contributed by atoms with van der Waals surface area (Å²) >= 11 is 1.69. The first-order valence-electron chi connectivity index (χ1n) is 7.59. The molecule has 1 fully saturated rings. The smallest absolute Gasteiger partial charge is 0.220 e. The van der Waals surface area contributed by atoms with Crippen LogP contribution in [0.2, 0.25) is 0 Å². The molecule has 1 saturated carbocycles. The molecule has 3 heteroatoms. The Morgan fingerprint density at radius 3 is 2.67 bits per heavy atom. The third-order valence-corrected chi connectivity index (χ3v) is 4.80. The van der Waals surface area contributed by atoms with E-state index in [9.17, 15) is 4.79 Å². The van der Waals surface area contributed by atoms with Crippen molar-refractivity contribution in [2.45, 2.75) is 38.6 Å². The summed E-state index contributed by atoms with van der Waals surface area (Å²) < 4.78 is 0. The van der Waals surface area contributed by atoms with Crippen LogP contribution >= 0.6 is 11.3 Å². The van der Waals surface area contributed by atoms with Crippen molar-refractivity contribution in [3.8, 4) is 0 Å². The van der Waals surface area contributed by atoms with E-state index in [0.29, 0.717) is 12.3 Å². The van der Waals surface area contributed by atoms with Crippen LogP contribution in [0.1, 0.15) is 42.0 Å². The lowest BCUT2D eigenvalue weighted by Crippen LogP contribution is -2.30. The lowest BCUT2D eigenvalue weighted by molar-refractivity contribution is -0.122. The second kappa shape index (κ2) is 6.44. The van der Waals surface area contributed by atoms with Crippen LogP contribution in [-0.2, 0) is 11.2 Å². The molecule has 0 radical (unpaired) electrons. The average molecular weight is 299 g/mol.